The number of anilines is 2. The number of aromatic amines is 1. The van der Waals surface area contributed by atoms with Gasteiger partial charge >= 0.3 is 0 Å². The van der Waals surface area contributed by atoms with Gasteiger partial charge in [-0.1, -0.05) is 12.1 Å². The summed E-state index contributed by atoms with van der Waals surface area (Å²) in [6.07, 6.45) is 0. The molecule has 0 aliphatic carbocycles. The first-order chi connectivity index (χ1) is 9.94. The fourth-order valence-corrected chi connectivity index (χ4v) is 2.95. The molecule has 0 saturated heterocycles. The van der Waals surface area contributed by atoms with Gasteiger partial charge in [0.15, 0.2) is 0 Å². The quantitative estimate of drug-likeness (QED) is 0.645. The number of nitrogens with one attached hydrogen (secondary N) is 2. The molecule has 21 heavy (non-hydrogen) atoms. The number of nitrogen functional groups attached to an aromatic ring is 1. The number of nitrogens with two attached hydrogens (primary N) is 1. The molecule has 2 aromatic carbocycles. The van der Waals surface area contributed by atoms with Crippen molar-refractivity contribution < 1.29 is 12.8 Å². The fourth-order valence-electron chi connectivity index (χ4n) is 1.93. The molecular weight excluding hydrogens is 295 g/mol. The zero-order chi connectivity index (χ0) is 15.0. The Kier molecular flexibility index (Phi) is 3.02. The second-order valence-electron chi connectivity index (χ2n) is 4.43. The topological polar surface area (TPSA) is 101 Å². The third kappa shape index (κ3) is 2.65. The number of fused-ring (bicyclic) bond motifs is 1. The number of aromatic nitrogens is 2. The van der Waals surface area contributed by atoms with Crippen molar-refractivity contribution in [2.24, 2.45) is 0 Å². The number of sulfonamides is 1. The number of imidazole rings is 1. The summed E-state index contributed by atoms with van der Waals surface area (Å²) < 4.78 is 39.9. The van der Waals surface area contributed by atoms with E-state index in [-0.39, 0.29) is 16.5 Å². The van der Waals surface area contributed by atoms with Crippen molar-refractivity contribution in [3.63, 3.8) is 0 Å². The smallest absolute Gasteiger partial charge is 0.264 e. The first-order valence-electron chi connectivity index (χ1n) is 5.98. The predicted octanol–water partition coefficient (Wildman–Crippen LogP) is 2.08. The van der Waals surface area contributed by atoms with Crippen LogP contribution in [0.1, 0.15) is 0 Å². The van der Waals surface area contributed by atoms with Crippen molar-refractivity contribution in [2.45, 2.75) is 4.90 Å². The molecule has 0 aliphatic heterocycles. The molecule has 1 heterocycles. The average molecular weight is 306 g/mol. The van der Waals surface area contributed by atoms with Crippen molar-refractivity contribution >= 4 is 32.7 Å². The summed E-state index contributed by atoms with van der Waals surface area (Å²) in [4.78, 5) is 6.66. The van der Waals surface area contributed by atoms with Crippen molar-refractivity contribution in [2.75, 3.05) is 10.5 Å². The van der Waals surface area contributed by atoms with Crippen LogP contribution in [0, 0.1) is 5.82 Å². The number of nitrogens with zero attached hydrogens (tertiary/aromatic N) is 1. The van der Waals surface area contributed by atoms with Crippen LogP contribution >= 0.6 is 0 Å². The maximum Gasteiger partial charge on any atom is 0.264 e. The van der Waals surface area contributed by atoms with Gasteiger partial charge in [0.1, 0.15) is 5.82 Å². The lowest BCUT2D eigenvalue weighted by Crippen LogP contribution is -2.14. The molecule has 108 valence electrons. The van der Waals surface area contributed by atoms with Crippen LogP contribution < -0.4 is 10.5 Å². The summed E-state index contributed by atoms with van der Waals surface area (Å²) in [5, 5.41) is 0. The second kappa shape index (κ2) is 4.74. The lowest BCUT2D eigenvalue weighted by molar-refractivity contribution is 0.595. The van der Waals surface area contributed by atoms with E-state index >= 15 is 0 Å². The molecule has 0 unspecified atom stereocenters. The highest BCUT2D eigenvalue weighted by Gasteiger charge is 2.17. The van der Waals surface area contributed by atoms with E-state index in [0.29, 0.717) is 11.0 Å². The highest BCUT2D eigenvalue weighted by molar-refractivity contribution is 7.92. The van der Waals surface area contributed by atoms with Gasteiger partial charge in [-0.3, -0.25) is 0 Å². The Bertz CT molecular complexity index is 868. The van der Waals surface area contributed by atoms with E-state index in [1.165, 1.54) is 6.07 Å². The third-order valence-corrected chi connectivity index (χ3v) is 4.14. The number of para-hydroxylation sites is 2. The van der Waals surface area contributed by atoms with E-state index in [1.54, 1.807) is 24.3 Å². The number of hydrogen-bond acceptors (Lipinski definition) is 4. The SMILES string of the molecule is Nc1cc(F)cc(S(=O)(=O)Nc2nc3ccccc3[nH]2)c1. The Morgan fingerprint density at radius 3 is 2.67 bits per heavy atom. The van der Waals surface area contributed by atoms with Gasteiger partial charge in [0.05, 0.1) is 15.9 Å². The van der Waals surface area contributed by atoms with Crippen LogP contribution in [0.3, 0.4) is 0 Å². The van der Waals surface area contributed by atoms with Crippen LogP contribution in [0.5, 0.6) is 0 Å². The summed E-state index contributed by atoms with van der Waals surface area (Å²) in [6, 6.07) is 10.2. The Hall–Kier alpha value is -2.61. The van der Waals surface area contributed by atoms with Crippen LogP contribution in [-0.2, 0) is 10.0 Å². The molecule has 3 aromatic rings. The Morgan fingerprint density at radius 2 is 1.95 bits per heavy atom. The molecule has 8 heteroatoms. The minimum Gasteiger partial charge on any atom is -0.399 e. The maximum atomic E-state index is 13.3. The zero-order valence-electron chi connectivity index (χ0n) is 10.7. The highest BCUT2D eigenvalue weighted by atomic mass is 32.2. The average Bonchev–Trinajstić information content (AvgIpc) is 2.78. The van der Waals surface area contributed by atoms with Gasteiger partial charge in [-0.15, -0.1) is 0 Å². The van der Waals surface area contributed by atoms with Gasteiger partial charge in [0.2, 0.25) is 5.95 Å². The standard InChI is InChI=1S/C13H11FN4O2S/c14-8-5-9(15)7-10(6-8)21(19,20)18-13-16-11-3-1-2-4-12(11)17-13/h1-7H,15H2,(H2,16,17,18). The minimum absolute atomic E-state index is 0.0278. The fraction of sp³-hybridized carbons (Fsp3) is 0. The van der Waals surface area contributed by atoms with Crippen molar-refractivity contribution in [1.29, 1.82) is 0 Å². The van der Waals surface area contributed by atoms with E-state index in [0.717, 1.165) is 12.1 Å². The number of halogens is 1. The molecule has 6 nitrogen and oxygen atoms in total. The van der Waals surface area contributed by atoms with Crippen LogP contribution in [0.25, 0.3) is 11.0 Å². The van der Waals surface area contributed by atoms with Gasteiger partial charge in [-0.25, -0.2) is 22.5 Å². The first-order valence-corrected chi connectivity index (χ1v) is 7.46. The summed E-state index contributed by atoms with van der Waals surface area (Å²) >= 11 is 0. The monoisotopic (exact) mass is 306 g/mol. The Morgan fingerprint density at radius 1 is 1.19 bits per heavy atom. The summed E-state index contributed by atoms with van der Waals surface area (Å²) in [5.41, 5.74) is 6.79. The van der Waals surface area contributed by atoms with Gasteiger partial charge in [0, 0.05) is 5.69 Å². The van der Waals surface area contributed by atoms with Gasteiger partial charge in [-0.2, -0.15) is 0 Å². The summed E-state index contributed by atoms with van der Waals surface area (Å²) in [6.45, 7) is 0. The number of rotatable bonds is 3. The molecule has 1 aromatic heterocycles. The van der Waals surface area contributed by atoms with E-state index in [1.807, 2.05) is 0 Å². The highest BCUT2D eigenvalue weighted by Crippen LogP contribution is 2.20. The van der Waals surface area contributed by atoms with Crippen molar-refractivity contribution in [3.8, 4) is 0 Å². The lowest BCUT2D eigenvalue weighted by atomic mass is 10.3. The van der Waals surface area contributed by atoms with Crippen molar-refractivity contribution in [1.82, 2.24) is 9.97 Å². The van der Waals surface area contributed by atoms with Crippen LogP contribution in [0.2, 0.25) is 0 Å². The molecule has 0 amide bonds. The van der Waals surface area contributed by atoms with E-state index in [4.69, 9.17) is 5.73 Å². The van der Waals surface area contributed by atoms with Crippen molar-refractivity contribution in [3.05, 3.63) is 48.3 Å². The van der Waals surface area contributed by atoms with Gasteiger partial charge in [0.25, 0.3) is 10.0 Å². The molecule has 0 atom stereocenters. The van der Waals surface area contributed by atoms with E-state index in [2.05, 4.69) is 14.7 Å². The van der Waals surface area contributed by atoms with E-state index in [9.17, 15) is 12.8 Å². The lowest BCUT2D eigenvalue weighted by Gasteiger charge is -2.06. The molecule has 0 saturated carbocycles. The molecule has 0 spiro atoms. The molecule has 4 N–H and O–H groups in total. The molecule has 0 aliphatic rings. The maximum absolute atomic E-state index is 13.3. The normalized spacial score (nSPS) is 11.7. The predicted molar refractivity (Wildman–Crippen MR) is 77.7 cm³/mol. The molecule has 3 rings (SSSR count). The number of H-pyrrole nitrogens is 1. The Balaban J connectivity index is 1.98. The number of hydrogen-bond donors (Lipinski definition) is 3. The third-order valence-electron chi connectivity index (χ3n) is 2.82. The molecule has 0 radical (unpaired) electrons. The first kappa shape index (κ1) is 13.4. The molecule has 0 fully saturated rings. The largest absolute Gasteiger partial charge is 0.399 e. The minimum atomic E-state index is -3.97. The summed E-state index contributed by atoms with van der Waals surface area (Å²) in [5.74, 6) is -0.668. The van der Waals surface area contributed by atoms with Crippen LogP contribution in [0.4, 0.5) is 16.0 Å². The van der Waals surface area contributed by atoms with Gasteiger partial charge < -0.3 is 10.7 Å². The van der Waals surface area contributed by atoms with Crippen LogP contribution in [0.15, 0.2) is 47.4 Å². The molecular formula is C13H11FN4O2S. The number of benzene rings is 2. The zero-order valence-corrected chi connectivity index (χ0v) is 11.5. The second-order valence-corrected chi connectivity index (χ2v) is 6.11. The van der Waals surface area contributed by atoms with Crippen LogP contribution in [-0.4, -0.2) is 18.4 Å². The van der Waals surface area contributed by atoms with E-state index < -0.39 is 15.8 Å². The van der Waals surface area contributed by atoms with Gasteiger partial charge in [-0.05, 0) is 30.3 Å². The Labute approximate surface area is 119 Å². The summed E-state index contributed by atoms with van der Waals surface area (Å²) in [7, 11) is -3.97. The molecule has 0 bridgehead atoms.